The minimum atomic E-state index is 0.645. The van der Waals surface area contributed by atoms with Crippen LogP contribution < -0.4 is 5.32 Å². The molecule has 0 saturated heterocycles. The van der Waals surface area contributed by atoms with Crippen LogP contribution in [0.3, 0.4) is 0 Å². The third-order valence-electron chi connectivity index (χ3n) is 2.76. The van der Waals surface area contributed by atoms with Crippen LogP contribution in [0.2, 0.25) is 0 Å². The van der Waals surface area contributed by atoms with E-state index in [0.717, 1.165) is 6.54 Å². The van der Waals surface area contributed by atoms with Gasteiger partial charge in [0, 0.05) is 18.1 Å². The molecule has 0 bridgehead atoms. The van der Waals surface area contributed by atoms with Crippen molar-refractivity contribution in [3.05, 3.63) is 28.3 Å². The molecule has 1 rings (SSSR count). The number of nitrogens with one attached hydrogen (secondary N) is 1. The van der Waals surface area contributed by atoms with Gasteiger partial charge in [-0.2, -0.15) is 0 Å². The molecule has 0 unspecified atom stereocenters. The quantitative estimate of drug-likeness (QED) is 0.754. The molecular formula is C12H18ClN. The Kier molecular flexibility index (Phi) is 3.82. The average Bonchev–Trinajstić information content (AvgIpc) is 2.15. The number of alkyl halides is 1. The van der Waals surface area contributed by atoms with Gasteiger partial charge in [-0.05, 0) is 49.9 Å². The summed E-state index contributed by atoms with van der Waals surface area (Å²) in [4.78, 5) is 0. The van der Waals surface area contributed by atoms with Gasteiger partial charge >= 0.3 is 0 Å². The fraction of sp³-hybridized carbons (Fsp3) is 0.500. The van der Waals surface area contributed by atoms with Crippen molar-refractivity contribution in [2.75, 3.05) is 17.7 Å². The van der Waals surface area contributed by atoms with Crippen LogP contribution in [0.5, 0.6) is 0 Å². The minimum absolute atomic E-state index is 0.645. The van der Waals surface area contributed by atoms with Crippen LogP contribution in [0.1, 0.15) is 22.3 Å². The van der Waals surface area contributed by atoms with Crippen molar-refractivity contribution in [3.63, 3.8) is 0 Å². The van der Waals surface area contributed by atoms with E-state index < -0.39 is 0 Å². The molecule has 0 radical (unpaired) electrons. The van der Waals surface area contributed by atoms with E-state index >= 15 is 0 Å². The number of halogens is 1. The van der Waals surface area contributed by atoms with E-state index in [1.54, 1.807) is 0 Å². The van der Waals surface area contributed by atoms with Gasteiger partial charge in [-0.15, -0.1) is 11.6 Å². The van der Waals surface area contributed by atoms with Crippen molar-refractivity contribution >= 4 is 17.3 Å². The summed E-state index contributed by atoms with van der Waals surface area (Å²) >= 11 is 5.67. The van der Waals surface area contributed by atoms with Crippen LogP contribution in [0.15, 0.2) is 6.07 Å². The van der Waals surface area contributed by atoms with Crippen molar-refractivity contribution in [2.24, 2.45) is 0 Å². The highest BCUT2D eigenvalue weighted by Crippen LogP contribution is 2.26. The number of aryl methyl sites for hydroxylation is 2. The smallest absolute Gasteiger partial charge is 0.0405 e. The van der Waals surface area contributed by atoms with Crippen molar-refractivity contribution in [3.8, 4) is 0 Å². The van der Waals surface area contributed by atoms with Gasteiger partial charge in [0.2, 0.25) is 0 Å². The second kappa shape index (κ2) is 4.70. The van der Waals surface area contributed by atoms with Gasteiger partial charge in [-0.3, -0.25) is 0 Å². The molecule has 1 aromatic rings. The Morgan fingerprint density at radius 1 is 1.07 bits per heavy atom. The molecule has 0 amide bonds. The lowest BCUT2D eigenvalue weighted by molar-refractivity contribution is 1.16. The van der Waals surface area contributed by atoms with Crippen LogP contribution in [0, 0.1) is 27.7 Å². The summed E-state index contributed by atoms with van der Waals surface area (Å²) < 4.78 is 0. The number of hydrogen-bond donors (Lipinski definition) is 1. The largest absolute Gasteiger partial charge is 0.383 e. The fourth-order valence-corrected chi connectivity index (χ4v) is 1.75. The van der Waals surface area contributed by atoms with E-state index in [0.29, 0.717) is 5.88 Å². The maximum Gasteiger partial charge on any atom is 0.0405 e. The van der Waals surface area contributed by atoms with Crippen molar-refractivity contribution in [2.45, 2.75) is 27.7 Å². The zero-order valence-electron chi connectivity index (χ0n) is 9.37. The molecule has 0 atom stereocenters. The number of rotatable bonds is 3. The lowest BCUT2D eigenvalue weighted by Gasteiger charge is -2.16. The van der Waals surface area contributed by atoms with E-state index in [1.807, 2.05) is 0 Å². The highest BCUT2D eigenvalue weighted by Gasteiger charge is 2.06. The Bertz CT molecular complexity index is 305. The van der Waals surface area contributed by atoms with Gasteiger partial charge in [0.05, 0.1) is 0 Å². The van der Waals surface area contributed by atoms with Crippen LogP contribution >= 0.6 is 11.6 Å². The molecule has 78 valence electrons. The van der Waals surface area contributed by atoms with Gasteiger partial charge in [0.15, 0.2) is 0 Å². The number of benzene rings is 1. The van der Waals surface area contributed by atoms with Gasteiger partial charge in [-0.25, -0.2) is 0 Å². The first-order valence-corrected chi connectivity index (χ1v) is 5.48. The summed E-state index contributed by atoms with van der Waals surface area (Å²) in [5, 5.41) is 3.38. The maximum absolute atomic E-state index is 5.67. The molecular weight excluding hydrogens is 194 g/mol. The lowest BCUT2D eigenvalue weighted by atomic mass is 9.99. The molecule has 1 aromatic carbocycles. The summed E-state index contributed by atoms with van der Waals surface area (Å²) in [5.74, 6) is 0.645. The predicted molar refractivity (Wildman–Crippen MR) is 64.6 cm³/mol. The first kappa shape index (κ1) is 11.4. The van der Waals surface area contributed by atoms with Crippen LogP contribution in [0.4, 0.5) is 5.69 Å². The summed E-state index contributed by atoms with van der Waals surface area (Å²) in [6.45, 7) is 9.42. The molecule has 14 heavy (non-hydrogen) atoms. The van der Waals surface area contributed by atoms with Gasteiger partial charge in [0.25, 0.3) is 0 Å². The fourth-order valence-electron chi connectivity index (χ4n) is 1.65. The molecule has 1 nitrogen and oxygen atoms in total. The molecule has 1 N–H and O–H groups in total. The van der Waals surface area contributed by atoms with E-state index in [2.05, 4.69) is 39.1 Å². The second-order valence-corrected chi connectivity index (χ2v) is 4.13. The molecule has 0 aliphatic carbocycles. The average molecular weight is 212 g/mol. The summed E-state index contributed by atoms with van der Waals surface area (Å²) in [7, 11) is 0. The molecule has 2 heteroatoms. The third-order valence-corrected chi connectivity index (χ3v) is 2.95. The molecule has 0 aromatic heterocycles. The van der Waals surface area contributed by atoms with E-state index in [4.69, 9.17) is 11.6 Å². The second-order valence-electron chi connectivity index (χ2n) is 3.75. The Morgan fingerprint density at radius 2 is 1.57 bits per heavy atom. The zero-order valence-corrected chi connectivity index (χ0v) is 10.1. The van der Waals surface area contributed by atoms with Crippen molar-refractivity contribution in [1.82, 2.24) is 0 Å². The van der Waals surface area contributed by atoms with Gasteiger partial charge in [-0.1, -0.05) is 6.07 Å². The van der Waals surface area contributed by atoms with Crippen molar-refractivity contribution in [1.29, 1.82) is 0 Å². The first-order valence-electron chi connectivity index (χ1n) is 4.95. The Morgan fingerprint density at radius 3 is 2.00 bits per heavy atom. The monoisotopic (exact) mass is 211 g/mol. The highest BCUT2D eigenvalue weighted by atomic mass is 35.5. The maximum atomic E-state index is 5.67. The Balaban J connectivity index is 3.11. The molecule has 0 saturated carbocycles. The molecule has 0 heterocycles. The van der Waals surface area contributed by atoms with Crippen molar-refractivity contribution < 1.29 is 0 Å². The van der Waals surface area contributed by atoms with Crippen LogP contribution in [0.25, 0.3) is 0 Å². The molecule has 0 aliphatic heterocycles. The van der Waals surface area contributed by atoms with Crippen LogP contribution in [-0.2, 0) is 0 Å². The Hall–Kier alpha value is -0.690. The summed E-state index contributed by atoms with van der Waals surface area (Å²) in [5.41, 5.74) is 6.59. The normalized spacial score (nSPS) is 10.4. The number of anilines is 1. The highest BCUT2D eigenvalue weighted by molar-refractivity contribution is 6.18. The summed E-state index contributed by atoms with van der Waals surface area (Å²) in [6, 6.07) is 2.23. The molecule has 0 spiro atoms. The van der Waals surface area contributed by atoms with Crippen LogP contribution in [-0.4, -0.2) is 12.4 Å². The molecule has 0 fully saturated rings. The van der Waals surface area contributed by atoms with E-state index in [-0.39, 0.29) is 0 Å². The van der Waals surface area contributed by atoms with Gasteiger partial charge < -0.3 is 5.32 Å². The zero-order chi connectivity index (χ0) is 10.7. The standard InChI is InChI=1S/C12H18ClN/c1-8-7-9(2)11(4)12(10(8)3)14-6-5-13/h7,14H,5-6H2,1-4H3. The van der Waals surface area contributed by atoms with E-state index in [9.17, 15) is 0 Å². The minimum Gasteiger partial charge on any atom is -0.383 e. The van der Waals surface area contributed by atoms with E-state index in [1.165, 1.54) is 27.9 Å². The third kappa shape index (κ3) is 2.21. The number of hydrogen-bond acceptors (Lipinski definition) is 1. The topological polar surface area (TPSA) is 12.0 Å². The van der Waals surface area contributed by atoms with Gasteiger partial charge in [0.1, 0.15) is 0 Å². The lowest BCUT2D eigenvalue weighted by Crippen LogP contribution is -2.07. The predicted octanol–water partition coefficient (Wildman–Crippen LogP) is 3.57. The SMILES string of the molecule is Cc1cc(C)c(C)c(NCCCl)c1C. The summed E-state index contributed by atoms with van der Waals surface area (Å²) in [6.07, 6.45) is 0. The first-order chi connectivity index (χ1) is 6.57. The molecule has 0 aliphatic rings. The Labute approximate surface area is 91.5 Å².